The highest BCUT2D eigenvalue weighted by Crippen LogP contribution is 2.25. The predicted molar refractivity (Wildman–Crippen MR) is 90.3 cm³/mol. The van der Waals surface area contributed by atoms with E-state index in [-0.39, 0.29) is 10.3 Å². The van der Waals surface area contributed by atoms with Crippen molar-refractivity contribution in [2.45, 2.75) is 31.1 Å². The zero-order valence-corrected chi connectivity index (χ0v) is 14.6. The number of nitrogens with zero attached hydrogens (tertiary/aromatic N) is 3. The molecule has 0 spiro atoms. The Kier molecular flexibility index (Phi) is 3.69. The second-order valence-corrected chi connectivity index (χ2v) is 8.55. The first-order valence-corrected chi connectivity index (χ1v) is 8.88. The van der Waals surface area contributed by atoms with E-state index in [1.165, 1.54) is 0 Å². The summed E-state index contributed by atoms with van der Waals surface area (Å²) in [5.41, 5.74) is 1.85. The molecule has 0 atom stereocenters. The minimum Gasteiger partial charge on any atom is -0.199 e. The maximum atomic E-state index is 12.8. The van der Waals surface area contributed by atoms with Crippen molar-refractivity contribution in [1.82, 2.24) is 14.4 Å². The van der Waals surface area contributed by atoms with E-state index >= 15 is 0 Å². The van der Waals surface area contributed by atoms with Crippen LogP contribution in [-0.2, 0) is 15.4 Å². The Morgan fingerprint density at radius 1 is 1.04 bits per heavy atom. The van der Waals surface area contributed by atoms with E-state index in [1.807, 2.05) is 12.1 Å². The predicted octanol–water partition coefficient (Wildman–Crippen LogP) is 3.62. The highest BCUT2D eigenvalue weighted by atomic mass is 35.5. The molecule has 0 aliphatic heterocycles. The molecule has 0 N–H and O–H groups in total. The van der Waals surface area contributed by atoms with E-state index in [4.69, 9.17) is 11.6 Å². The second-order valence-electron chi connectivity index (χ2n) is 6.34. The molecule has 3 rings (SSSR count). The van der Waals surface area contributed by atoms with Crippen molar-refractivity contribution in [3.8, 4) is 0 Å². The van der Waals surface area contributed by atoms with Crippen LogP contribution in [0.5, 0.6) is 0 Å². The molecule has 0 bridgehead atoms. The molecule has 0 unspecified atom stereocenters. The van der Waals surface area contributed by atoms with Crippen molar-refractivity contribution in [3.05, 3.63) is 53.1 Å². The lowest BCUT2D eigenvalue weighted by Gasteiger charge is -2.19. The van der Waals surface area contributed by atoms with Gasteiger partial charge in [0.05, 0.1) is 4.90 Å². The van der Waals surface area contributed by atoms with Crippen LogP contribution in [0.1, 0.15) is 26.3 Å². The monoisotopic (exact) mass is 349 g/mol. The van der Waals surface area contributed by atoms with Gasteiger partial charge in [-0.05, 0) is 41.3 Å². The van der Waals surface area contributed by atoms with Gasteiger partial charge in [0.15, 0.2) is 0 Å². The lowest BCUT2D eigenvalue weighted by Crippen LogP contribution is -2.16. The quantitative estimate of drug-likeness (QED) is 0.708. The molecule has 0 aliphatic rings. The van der Waals surface area contributed by atoms with Crippen molar-refractivity contribution < 1.29 is 8.42 Å². The first-order chi connectivity index (χ1) is 10.7. The van der Waals surface area contributed by atoms with Crippen LogP contribution < -0.4 is 0 Å². The summed E-state index contributed by atoms with van der Waals surface area (Å²) in [6.07, 6.45) is 0. The van der Waals surface area contributed by atoms with Crippen LogP contribution in [-0.4, -0.2) is 22.8 Å². The fourth-order valence-electron chi connectivity index (χ4n) is 2.28. The fourth-order valence-corrected chi connectivity index (χ4v) is 3.67. The summed E-state index contributed by atoms with van der Waals surface area (Å²) in [6, 6.07) is 11.6. The molecule has 7 heteroatoms. The van der Waals surface area contributed by atoms with Crippen molar-refractivity contribution in [1.29, 1.82) is 0 Å². The van der Waals surface area contributed by atoms with Gasteiger partial charge in [-0.15, -0.1) is 9.19 Å². The molecule has 23 heavy (non-hydrogen) atoms. The largest absolute Gasteiger partial charge is 0.284 e. The Balaban J connectivity index is 2.10. The third-order valence-corrected chi connectivity index (χ3v) is 5.45. The van der Waals surface area contributed by atoms with E-state index in [0.717, 1.165) is 9.65 Å². The van der Waals surface area contributed by atoms with Gasteiger partial charge < -0.3 is 0 Å². The normalized spacial score (nSPS) is 12.7. The average molecular weight is 350 g/mol. The Labute approximate surface area is 139 Å². The maximum Gasteiger partial charge on any atom is 0.284 e. The number of benzene rings is 2. The number of rotatable bonds is 2. The Morgan fingerprint density at radius 2 is 1.70 bits per heavy atom. The lowest BCUT2D eigenvalue weighted by atomic mass is 9.87. The lowest BCUT2D eigenvalue weighted by molar-refractivity contribution is 0.576. The summed E-state index contributed by atoms with van der Waals surface area (Å²) in [4.78, 5) is 0.173. The number of aromatic nitrogens is 3. The van der Waals surface area contributed by atoms with Gasteiger partial charge in [0.25, 0.3) is 10.0 Å². The van der Waals surface area contributed by atoms with E-state index < -0.39 is 10.0 Å². The summed E-state index contributed by atoms with van der Waals surface area (Å²) in [6.45, 7) is 6.22. The third kappa shape index (κ3) is 2.84. The smallest absolute Gasteiger partial charge is 0.199 e. The molecule has 0 radical (unpaired) electrons. The molecule has 0 aliphatic carbocycles. The van der Waals surface area contributed by atoms with Gasteiger partial charge in [-0.2, -0.15) is 8.42 Å². The topological polar surface area (TPSA) is 64.8 Å². The van der Waals surface area contributed by atoms with Crippen molar-refractivity contribution in [2.75, 3.05) is 0 Å². The molecule has 1 aromatic heterocycles. The van der Waals surface area contributed by atoms with E-state index in [1.54, 1.807) is 30.3 Å². The Morgan fingerprint density at radius 3 is 2.30 bits per heavy atom. The van der Waals surface area contributed by atoms with Crippen LogP contribution in [0.15, 0.2) is 47.4 Å². The Bertz CT molecular complexity index is 971. The molecular weight excluding hydrogens is 334 g/mol. The van der Waals surface area contributed by atoms with Gasteiger partial charge in [-0.1, -0.05) is 49.7 Å². The summed E-state index contributed by atoms with van der Waals surface area (Å²) >= 11 is 5.89. The van der Waals surface area contributed by atoms with Gasteiger partial charge in [0.1, 0.15) is 11.0 Å². The molecule has 120 valence electrons. The number of halogens is 1. The summed E-state index contributed by atoms with van der Waals surface area (Å²) in [5, 5.41) is 8.14. The van der Waals surface area contributed by atoms with Gasteiger partial charge in [-0.3, -0.25) is 0 Å². The molecular formula is C16H16ClN3O2S. The van der Waals surface area contributed by atoms with Crippen LogP contribution in [0.4, 0.5) is 0 Å². The first kappa shape index (κ1) is 16.0. The first-order valence-electron chi connectivity index (χ1n) is 7.07. The fraction of sp³-hybridized carbons (Fsp3) is 0.250. The minimum absolute atomic E-state index is 0.0427. The van der Waals surface area contributed by atoms with Crippen molar-refractivity contribution >= 4 is 32.7 Å². The highest BCUT2D eigenvalue weighted by Gasteiger charge is 2.22. The molecule has 0 saturated heterocycles. The van der Waals surface area contributed by atoms with E-state index in [0.29, 0.717) is 16.1 Å². The zero-order chi connectivity index (χ0) is 16.8. The molecule has 0 amide bonds. The summed E-state index contributed by atoms with van der Waals surface area (Å²) in [5.74, 6) is 0. The number of fused-ring (bicyclic) bond motifs is 1. The maximum absolute atomic E-state index is 12.8. The average Bonchev–Trinajstić information content (AvgIpc) is 2.90. The van der Waals surface area contributed by atoms with E-state index in [9.17, 15) is 8.42 Å². The summed E-state index contributed by atoms with van der Waals surface area (Å²) < 4.78 is 26.5. The molecule has 2 aromatic carbocycles. The van der Waals surface area contributed by atoms with E-state index in [2.05, 4.69) is 31.1 Å². The molecule has 0 fully saturated rings. The summed E-state index contributed by atoms with van der Waals surface area (Å²) in [7, 11) is -3.80. The second kappa shape index (κ2) is 5.32. The Hall–Kier alpha value is -1.92. The zero-order valence-electron chi connectivity index (χ0n) is 13.0. The highest BCUT2D eigenvalue weighted by molar-refractivity contribution is 7.90. The molecule has 1 heterocycles. The minimum atomic E-state index is -3.80. The van der Waals surface area contributed by atoms with Crippen LogP contribution in [0.25, 0.3) is 11.0 Å². The van der Waals surface area contributed by atoms with Crippen LogP contribution in [0.2, 0.25) is 5.02 Å². The van der Waals surface area contributed by atoms with Crippen LogP contribution in [0.3, 0.4) is 0 Å². The number of hydrogen-bond donors (Lipinski definition) is 0. The molecule has 3 aromatic rings. The van der Waals surface area contributed by atoms with Gasteiger partial charge >= 0.3 is 0 Å². The van der Waals surface area contributed by atoms with Crippen molar-refractivity contribution in [2.24, 2.45) is 0 Å². The third-order valence-electron chi connectivity index (χ3n) is 3.62. The molecule has 0 saturated carbocycles. The standard InChI is InChI=1S/C16H16ClN3O2S/c1-16(2,3)11-4-7-13(8-5-11)23(21,22)20-15-9-6-12(17)10-14(15)18-19-20/h4-10H,1-3H3. The molecule has 5 nitrogen and oxygen atoms in total. The SMILES string of the molecule is CC(C)(C)c1ccc(S(=O)(=O)n2nnc3cc(Cl)ccc32)cc1. The van der Waals surface area contributed by atoms with Crippen LogP contribution >= 0.6 is 11.6 Å². The number of hydrogen-bond acceptors (Lipinski definition) is 4. The van der Waals surface area contributed by atoms with Gasteiger partial charge in [0, 0.05) is 5.02 Å². The van der Waals surface area contributed by atoms with Gasteiger partial charge in [-0.25, -0.2) is 0 Å². The van der Waals surface area contributed by atoms with Crippen molar-refractivity contribution in [3.63, 3.8) is 0 Å². The van der Waals surface area contributed by atoms with Gasteiger partial charge in [0.2, 0.25) is 0 Å². The van der Waals surface area contributed by atoms with Crippen LogP contribution in [0, 0.1) is 0 Å².